The summed E-state index contributed by atoms with van der Waals surface area (Å²) in [4.78, 5) is 0. The predicted octanol–water partition coefficient (Wildman–Crippen LogP) is 2.35. The molecule has 0 unspecified atom stereocenters. The number of halogens is 1. The lowest BCUT2D eigenvalue weighted by Gasteiger charge is -2.53. The van der Waals surface area contributed by atoms with Gasteiger partial charge in [0.1, 0.15) is 0 Å². The Kier molecular flexibility index (Phi) is 2.46. The Hall–Kier alpha value is -0.570. The molecule has 1 saturated heterocycles. The molecule has 0 spiro atoms. The number of ether oxygens (including phenoxy) is 1. The van der Waals surface area contributed by atoms with Crippen LogP contribution in [0.25, 0.3) is 0 Å². The summed E-state index contributed by atoms with van der Waals surface area (Å²) >= 11 is 6.06. The lowest BCUT2D eigenvalue weighted by atomic mass is 9.59. The topological polar surface area (TPSA) is 35.2 Å². The minimum Gasteiger partial charge on any atom is -0.379 e. The Bertz CT molecular complexity index is 397. The molecule has 0 radical (unpaired) electrons. The molecule has 16 heavy (non-hydrogen) atoms. The summed E-state index contributed by atoms with van der Waals surface area (Å²) < 4.78 is 5.44. The van der Waals surface area contributed by atoms with Crippen LogP contribution in [0.4, 0.5) is 0 Å². The van der Waals surface area contributed by atoms with E-state index >= 15 is 0 Å². The molecule has 1 aliphatic carbocycles. The van der Waals surface area contributed by atoms with Crippen molar-refractivity contribution >= 4 is 11.6 Å². The molecule has 2 nitrogen and oxygen atoms in total. The average molecular weight is 238 g/mol. The number of hydrogen-bond acceptors (Lipinski definition) is 2. The van der Waals surface area contributed by atoms with Crippen molar-refractivity contribution in [1.82, 2.24) is 0 Å². The van der Waals surface area contributed by atoms with Crippen molar-refractivity contribution in [3.05, 3.63) is 34.9 Å². The van der Waals surface area contributed by atoms with E-state index in [9.17, 15) is 0 Å². The van der Waals surface area contributed by atoms with Crippen molar-refractivity contribution in [3.63, 3.8) is 0 Å². The van der Waals surface area contributed by atoms with E-state index in [0.29, 0.717) is 12.0 Å². The lowest BCUT2D eigenvalue weighted by Crippen LogP contribution is -2.58. The van der Waals surface area contributed by atoms with Gasteiger partial charge >= 0.3 is 0 Å². The van der Waals surface area contributed by atoms with Gasteiger partial charge in [0.2, 0.25) is 0 Å². The Labute approximate surface area is 101 Å². The molecule has 3 rings (SSSR count). The summed E-state index contributed by atoms with van der Waals surface area (Å²) in [6.07, 6.45) is 2.24. The van der Waals surface area contributed by atoms with Crippen molar-refractivity contribution in [3.8, 4) is 0 Å². The van der Waals surface area contributed by atoms with Crippen LogP contribution < -0.4 is 5.73 Å². The third-order valence-electron chi connectivity index (χ3n) is 4.07. The van der Waals surface area contributed by atoms with Gasteiger partial charge in [0.15, 0.2) is 0 Å². The number of hydrogen-bond donors (Lipinski definition) is 1. The highest BCUT2D eigenvalue weighted by molar-refractivity contribution is 6.30. The largest absolute Gasteiger partial charge is 0.379 e. The number of rotatable bonds is 2. The van der Waals surface area contributed by atoms with Crippen LogP contribution in [0.3, 0.4) is 0 Å². The smallest absolute Gasteiger partial charge is 0.0588 e. The van der Waals surface area contributed by atoms with Crippen LogP contribution in [-0.2, 0) is 10.2 Å². The van der Waals surface area contributed by atoms with Gasteiger partial charge < -0.3 is 10.5 Å². The minimum atomic E-state index is 0.195. The third kappa shape index (κ3) is 1.48. The van der Waals surface area contributed by atoms with Gasteiger partial charge in [-0.15, -0.1) is 0 Å². The van der Waals surface area contributed by atoms with Crippen LogP contribution in [0.5, 0.6) is 0 Å². The summed E-state index contributed by atoms with van der Waals surface area (Å²) in [6, 6.07) is 8.58. The molecule has 2 fully saturated rings. The highest BCUT2D eigenvalue weighted by atomic mass is 35.5. The minimum absolute atomic E-state index is 0.195. The standard InChI is InChI=1S/C13H16ClNO/c14-11-3-1-2-9(4-11)13(7-16-8-13)10-5-12(15)6-10/h1-4,10,12H,5-8,15H2. The number of benzene rings is 1. The maximum absolute atomic E-state index is 6.06. The van der Waals surface area contributed by atoms with Crippen molar-refractivity contribution in [2.24, 2.45) is 11.7 Å². The SMILES string of the molecule is NC1CC(C2(c3cccc(Cl)c3)COC2)C1. The van der Waals surface area contributed by atoms with E-state index in [0.717, 1.165) is 31.1 Å². The zero-order chi connectivity index (χ0) is 11.2. The van der Waals surface area contributed by atoms with E-state index < -0.39 is 0 Å². The average Bonchev–Trinajstić information content (AvgIpc) is 2.13. The molecule has 0 atom stereocenters. The van der Waals surface area contributed by atoms with E-state index in [-0.39, 0.29) is 5.41 Å². The fourth-order valence-electron chi connectivity index (χ4n) is 2.87. The van der Waals surface area contributed by atoms with E-state index in [1.807, 2.05) is 12.1 Å². The summed E-state index contributed by atoms with van der Waals surface area (Å²) in [7, 11) is 0. The van der Waals surface area contributed by atoms with Gasteiger partial charge in [-0.25, -0.2) is 0 Å². The third-order valence-corrected chi connectivity index (χ3v) is 4.31. The Morgan fingerprint density at radius 1 is 1.31 bits per heavy atom. The van der Waals surface area contributed by atoms with Crippen molar-refractivity contribution in [1.29, 1.82) is 0 Å². The van der Waals surface area contributed by atoms with E-state index in [1.54, 1.807) is 0 Å². The lowest BCUT2D eigenvalue weighted by molar-refractivity contribution is -0.111. The number of nitrogens with two attached hydrogens (primary N) is 1. The molecular formula is C13H16ClNO. The maximum atomic E-state index is 6.06. The second kappa shape index (κ2) is 3.73. The van der Waals surface area contributed by atoms with Crippen LogP contribution in [0.2, 0.25) is 5.02 Å². The first-order chi connectivity index (χ1) is 7.71. The van der Waals surface area contributed by atoms with Crippen LogP contribution in [-0.4, -0.2) is 19.3 Å². The molecule has 1 aromatic carbocycles. The molecule has 0 amide bonds. The van der Waals surface area contributed by atoms with Crippen LogP contribution >= 0.6 is 11.6 Å². The fraction of sp³-hybridized carbons (Fsp3) is 0.538. The first kappa shape index (κ1) is 10.6. The molecule has 3 heteroatoms. The molecule has 0 aromatic heterocycles. The van der Waals surface area contributed by atoms with E-state index in [1.165, 1.54) is 5.56 Å². The summed E-state index contributed by atoms with van der Waals surface area (Å²) in [6.45, 7) is 1.65. The Morgan fingerprint density at radius 3 is 2.56 bits per heavy atom. The van der Waals surface area contributed by atoms with Gasteiger partial charge in [-0.3, -0.25) is 0 Å². The fourth-order valence-corrected chi connectivity index (χ4v) is 3.06. The molecule has 0 bridgehead atoms. The quantitative estimate of drug-likeness (QED) is 0.857. The summed E-state index contributed by atoms with van der Waals surface area (Å²) in [5, 5.41) is 0.812. The van der Waals surface area contributed by atoms with Gasteiger partial charge in [0, 0.05) is 16.5 Å². The van der Waals surface area contributed by atoms with Gasteiger partial charge in [-0.2, -0.15) is 0 Å². The normalized spacial score (nSPS) is 31.6. The first-order valence-electron chi connectivity index (χ1n) is 5.80. The van der Waals surface area contributed by atoms with E-state index in [4.69, 9.17) is 22.1 Å². The summed E-state index contributed by atoms with van der Waals surface area (Å²) in [5.74, 6) is 0.676. The predicted molar refractivity (Wildman–Crippen MR) is 64.6 cm³/mol. The molecule has 2 N–H and O–H groups in total. The first-order valence-corrected chi connectivity index (χ1v) is 6.18. The molecular weight excluding hydrogens is 222 g/mol. The zero-order valence-electron chi connectivity index (χ0n) is 9.16. The highest BCUT2D eigenvalue weighted by Crippen LogP contribution is 2.48. The van der Waals surface area contributed by atoms with Gasteiger partial charge in [-0.1, -0.05) is 23.7 Å². The van der Waals surface area contributed by atoms with Crippen molar-refractivity contribution in [2.45, 2.75) is 24.3 Å². The monoisotopic (exact) mass is 237 g/mol. The van der Waals surface area contributed by atoms with Gasteiger partial charge in [0.25, 0.3) is 0 Å². The molecule has 1 heterocycles. The van der Waals surface area contributed by atoms with Crippen LogP contribution in [0.1, 0.15) is 18.4 Å². The van der Waals surface area contributed by atoms with Crippen LogP contribution in [0, 0.1) is 5.92 Å². The highest BCUT2D eigenvalue weighted by Gasteiger charge is 2.51. The van der Waals surface area contributed by atoms with Crippen molar-refractivity contribution < 1.29 is 4.74 Å². The van der Waals surface area contributed by atoms with Crippen molar-refractivity contribution in [2.75, 3.05) is 13.2 Å². The second-order valence-corrected chi connectivity index (χ2v) is 5.52. The molecule has 2 aliphatic rings. The van der Waals surface area contributed by atoms with Gasteiger partial charge in [0.05, 0.1) is 13.2 Å². The molecule has 1 aromatic rings. The molecule has 1 saturated carbocycles. The molecule has 86 valence electrons. The van der Waals surface area contributed by atoms with E-state index in [2.05, 4.69) is 12.1 Å². The summed E-state index contributed by atoms with van der Waals surface area (Å²) in [5.41, 5.74) is 7.40. The second-order valence-electron chi connectivity index (χ2n) is 5.09. The zero-order valence-corrected chi connectivity index (χ0v) is 9.91. The Morgan fingerprint density at radius 2 is 2.06 bits per heavy atom. The Balaban J connectivity index is 1.90. The van der Waals surface area contributed by atoms with Gasteiger partial charge in [-0.05, 0) is 36.5 Å². The maximum Gasteiger partial charge on any atom is 0.0588 e. The molecule has 1 aliphatic heterocycles. The van der Waals surface area contributed by atoms with Crippen LogP contribution in [0.15, 0.2) is 24.3 Å².